The number of nitrogens with zero attached hydrogens (tertiary/aromatic N) is 3. The lowest BCUT2D eigenvalue weighted by atomic mass is 9.84. The van der Waals surface area contributed by atoms with Gasteiger partial charge in [0.25, 0.3) is 0 Å². The molecule has 0 spiro atoms. The van der Waals surface area contributed by atoms with E-state index in [0.717, 1.165) is 26.1 Å². The van der Waals surface area contributed by atoms with Gasteiger partial charge in [-0.05, 0) is 17.9 Å². The van der Waals surface area contributed by atoms with Crippen LogP contribution >= 0.6 is 0 Å². The van der Waals surface area contributed by atoms with E-state index in [0.29, 0.717) is 17.5 Å². The van der Waals surface area contributed by atoms with Gasteiger partial charge in [0.1, 0.15) is 0 Å². The summed E-state index contributed by atoms with van der Waals surface area (Å²) in [6.45, 7) is 12.7. The Morgan fingerprint density at radius 3 is 2.71 bits per heavy atom. The predicted molar refractivity (Wildman–Crippen MR) is 88.4 cm³/mol. The molecule has 0 aliphatic carbocycles. The van der Waals surface area contributed by atoms with Gasteiger partial charge in [-0.25, -0.2) is 0 Å². The Morgan fingerprint density at radius 2 is 2.14 bits per heavy atom. The Morgan fingerprint density at radius 1 is 1.38 bits per heavy atom. The minimum atomic E-state index is 0.321. The predicted octanol–water partition coefficient (Wildman–Crippen LogP) is 2.45. The van der Waals surface area contributed by atoms with Crippen LogP contribution < -0.4 is 5.32 Å². The normalized spacial score (nSPS) is 24.4. The van der Waals surface area contributed by atoms with Crippen LogP contribution in [0.5, 0.6) is 0 Å². The van der Waals surface area contributed by atoms with Crippen LogP contribution in [0.4, 0.5) is 0 Å². The maximum absolute atomic E-state index is 4.28. The van der Waals surface area contributed by atoms with E-state index >= 15 is 0 Å². The van der Waals surface area contributed by atoms with Gasteiger partial charge in [0.2, 0.25) is 0 Å². The van der Waals surface area contributed by atoms with Crippen molar-refractivity contribution >= 4 is 0 Å². The Bertz CT molecular complexity index is 432. The highest BCUT2D eigenvalue weighted by molar-refractivity contribution is 5.01. The number of nitrogens with one attached hydrogen (secondary N) is 1. The van der Waals surface area contributed by atoms with Gasteiger partial charge in [-0.15, -0.1) is 0 Å². The van der Waals surface area contributed by atoms with E-state index in [-0.39, 0.29) is 0 Å². The van der Waals surface area contributed by atoms with Crippen molar-refractivity contribution in [1.29, 1.82) is 0 Å². The Kier molecular flexibility index (Phi) is 5.44. The Labute approximate surface area is 129 Å². The molecule has 2 heterocycles. The van der Waals surface area contributed by atoms with Gasteiger partial charge >= 0.3 is 0 Å². The van der Waals surface area contributed by atoms with Crippen molar-refractivity contribution in [3.8, 4) is 0 Å². The van der Waals surface area contributed by atoms with Crippen LogP contribution in [0.25, 0.3) is 0 Å². The Balaban J connectivity index is 1.98. The summed E-state index contributed by atoms with van der Waals surface area (Å²) in [4.78, 5) is 2.70. The summed E-state index contributed by atoms with van der Waals surface area (Å²) in [6.07, 6.45) is 5.53. The zero-order valence-corrected chi connectivity index (χ0v) is 14.4. The van der Waals surface area contributed by atoms with Gasteiger partial charge in [0, 0.05) is 57.1 Å². The first-order valence-electron chi connectivity index (χ1n) is 8.36. The summed E-state index contributed by atoms with van der Waals surface area (Å²) >= 11 is 0. The summed E-state index contributed by atoms with van der Waals surface area (Å²) in [5.74, 6) is 0. The maximum Gasteiger partial charge on any atom is 0.0492 e. The van der Waals surface area contributed by atoms with Crippen LogP contribution in [0.2, 0.25) is 0 Å². The van der Waals surface area contributed by atoms with Crippen LogP contribution in [0.3, 0.4) is 0 Å². The first kappa shape index (κ1) is 16.5. The zero-order chi connectivity index (χ0) is 15.5. The summed E-state index contributed by atoms with van der Waals surface area (Å²) < 4.78 is 2.00. The van der Waals surface area contributed by atoms with E-state index in [1.54, 1.807) is 0 Å². The highest BCUT2D eigenvalue weighted by Gasteiger charge is 2.33. The molecule has 0 amide bonds. The fraction of sp³-hybridized carbons (Fsp3) is 0.824. The third-order valence-corrected chi connectivity index (χ3v) is 4.78. The van der Waals surface area contributed by atoms with E-state index < -0.39 is 0 Å². The summed E-state index contributed by atoms with van der Waals surface area (Å²) in [6, 6.07) is 3.40. The van der Waals surface area contributed by atoms with E-state index in [2.05, 4.69) is 49.1 Å². The maximum atomic E-state index is 4.28. The van der Waals surface area contributed by atoms with Crippen LogP contribution in [-0.2, 0) is 13.5 Å². The first-order valence-corrected chi connectivity index (χ1v) is 8.36. The lowest BCUT2D eigenvalue weighted by Crippen LogP contribution is -2.60. The quantitative estimate of drug-likeness (QED) is 0.905. The highest BCUT2D eigenvalue weighted by atomic mass is 15.3. The number of hydrogen-bond acceptors (Lipinski definition) is 3. The minimum Gasteiger partial charge on any atom is -0.311 e. The SMILES string of the molecule is CCCC1CNC(C(C)(C)C)CN1CCc1ccnn1C. The first-order chi connectivity index (χ1) is 9.91. The lowest BCUT2D eigenvalue weighted by molar-refractivity contribution is 0.0815. The van der Waals surface area contributed by atoms with Crippen molar-refractivity contribution < 1.29 is 0 Å². The summed E-state index contributed by atoms with van der Waals surface area (Å²) in [7, 11) is 2.04. The average Bonchev–Trinajstić information content (AvgIpc) is 2.82. The molecule has 1 saturated heterocycles. The molecule has 0 aromatic carbocycles. The number of aromatic nitrogens is 2. The fourth-order valence-electron chi connectivity index (χ4n) is 3.23. The van der Waals surface area contributed by atoms with Crippen molar-refractivity contribution in [2.24, 2.45) is 12.5 Å². The molecular formula is C17H32N4. The molecule has 1 aliphatic heterocycles. The largest absolute Gasteiger partial charge is 0.311 e. The van der Waals surface area contributed by atoms with Gasteiger partial charge in [-0.3, -0.25) is 9.58 Å². The highest BCUT2D eigenvalue weighted by Crippen LogP contribution is 2.24. The summed E-state index contributed by atoms with van der Waals surface area (Å²) in [5.41, 5.74) is 1.65. The molecule has 1 fully saturated rings. The molecule has 4 heteroatoms. The van der Waals surface area contributed by atoms with Crippen LogP contribution in [0.15, 0.2) is 12.3 Å². The molecule has 2 rings (SSSR count). The number of rotatable bonds is 5. The molecule has 21 heavy (non-hydrogen) atoms. The second kappa shape index (κ2) is 6.93. The van der Waals surface area contributed by atoms with Crippen molar-refractivity contribution in [2.75, 3.05) is 19.6 Å². The molecule has 2 unspecified atom stereocenters. The average molecular weight is 292 g/mol. The molecule has 0 saturated carbocycles. The van der Waals surface area contributed by atoms with E-state index in [9.17, 15) is 0 Å². The van der Waals surface area contributed by atoms with Crippen molar-refractivity contribution in [2.45, 2.75) is 59.0 Å². The molecule has 1 aromatic rings. The zero-order valence-electron chi connectivity index (χ0n) is 14.4. The number of piperazine rings is 1. The van der Waals surface area contributed by atoms with Gasteiger partial charge in [-0.2, -0.15) is 5.10 Å². The van der Waals surface area contributed by atoms with Crippen molar-refractivity contribution in [3.05, 3.63) is 18.0 Å². The van der Waals surface area contributed by atoms with Crippen LogP contribution in [0.1, 0.15) is 46.2 Å². The minimum absolute atomic E-state index is 0.321. The van der Waals surface area contributed by atoms with Crippen LogP contribution in [-0.4, -0.2) is 46.4 Å². The smallest absolute Gasteiger partial charge is 0.0492 e. The second-order valence-corrected chi connectivity index (χ2v) is 7.46. The monoisotopic (exact) mass is 292 g/mol. The van der Waals surface area contributed by atoms with Crippen molar-refractivity contribution in [3.63, 3.8) is 0 Å². The fourth-order valence-corrected chi connectivity index (χ4v) is 3.23. The summed E-state index contributed by atoms with van der Waals surface area (Å²) in [5, 5.41) is 8.05. The lowest BCUT2D eigenvalue weighted by Gasteiger charge is -2.45. The van der Waals surface area contributed by atoms with Gasteiger partial charge in [0.05, 0.1) is 0 Å². The molecule has 4 nitrogen and oxygen atoms in total. The molecule has 0 radical (unpaired) electrons. The van der Waals surface area contributed by atoms with E-state index in [1.165, 1.54) is 18.5 Å². The number of hydrogen-bond donors (Lipinski definition) is 1. The van der Waals surface area contributed by atoms with E-state index in [4.69, 9.17) is 0 Å². The van der Waals surface area contributed by atoms with Gasteiger partial charge in [-0.1, -0.05) is 34.1 Å². The molecule has 1 N–H and O–H groups in total. The Hall–Kier alpha value is -0.870. The topological polar surface area (TPSA) is 33.1 Å². The third-order valence-electron chi connectivity index (χ3n) is 4.78. The molecule has 1 aromatic heterocycles. The number of aryl methyl sites for hydroxylation is 1. The third kappa shape index (κ3) is 4.30. The second-order valence-electron chi connectivity index (χ2n) is 7.46. The van der Waals surface area contributed by atoms with Crippen LogP contribution in [0, 0.1) is 5.41 Å². The van der Waals surface area contributed by atoms with Gasteiger partial charge in [0.15, 0.2) is 0 Å². The van der Waals surface area contributed by atoms with E-state index in [1.807, 2.05) is 17.9 Å². The molecule has 0 bridgehead atoms. The van der Waals surface area contributed by atoms with Crippen molar-refractivity contribution in [1.82, 2.24) is 20.0 Å². The molecule has 1 aliphatic rings. The molecular weight excluding hydrogens is 260 g/mol. The standard InChI is InChI=1S/C17H32N4/c1-6-7-15-12-18-16(17(2,3)4)13-21(15)11-9-14-8-10-19-20(14)5/h8,10,15-16,18H,6-7,9,11-13H2,1-5H3. The van der Waals surface area contributed by atoms with Gasteiger partial charge < -0.3 is 5.32 Å². The molecule has 2 atom stereocenters. The molecule has 120 valence electrons.